The average molecular weight is 311 g/mol. The molecule has 1 fully saturated rings. The van der Waals surface area contributed by atoms with Gasteiger partial charge in [-0.3, -0.25) is 4.90 Å². The normalized spacial score (nSPS) is 22.4. The van der Waals surface area contributed by atoms with E-state index in [1.54, 1.807) is 0 Å². The summed E-state index contributed by atoms with van der Waals surface area (Å²) < 4.78 is 27.7. The van der Waals surface area contributed by atoms with Gasteiger partial charge in [-0.2, -0.15) is 0 Å². The lowest BCUT2D eigenvalue weighted by atomic mass is 9.98. The van der Waals surface area contributed by atoms with E-state index >= 15 is 0 Å². The van der Waals surface area contributed by atoms with Crippen molar-refractivity contribution in [3.8, 4) is 5.75 Å². The Bertz CT molecular complexity index is 505. The predicted molar refractivity (Wildman–Crippen MR) is 87.8 cm³/mol. The molecule has 0 radical (unpaired) electrons. The van der Waals surface area contributed by atoms with E-state index in [2.05, 4.69) is 11.8 Å². The fraction of sp³-hybridized carbons (Fsp3) is 0.556. The molecule has 1 aromatic carbocycles. The summed E-state index contributed by atoms with van der Waals surface area (Å²) in [7, 11) is 0. The fourth-order valence-electron chi connectivity index (χ4n) is 3.18. The molecule has 0 saturated carbocycles. The first-order chi connectivity index (χ1) is 10.6. The minimum Gasteiger partial charge on any atom is -0.508 e. The summed E-state index contributed by atoms with van der Waals surface area (Å²) >= 11 is 0. The molecule has 2 aliphatic rings. The molecule has 2 bridgehead atoms. The fourth-order valence-corrected chi connectivity index (χ4v) is 3.18. The molecule has 1 saturated heterocycles. The standard InChI is InChI=1S/C14H15F2NO.2C2H6/c1-2-17-7-8-3-10(13(17)4-8)14-11(15)5-9(18)6-12(14)16;2*1-2/h3,5-6,8,13,18H,2,4,7H2,1H3;2*1-2H3. The molecule has 3 rings (SSSR count). The van der Waals surface area contributed by atoms with Crippen LogP contribution in [0, 0.1) is 17.6 Å². The molecule has 1 N–H and O–H groups in total. The van der Waals surface area contributed by atoms with Crippen molar-refractivity contribution in [3.05, 3.63) is 35.4 Å². The highest BCUT2D eigenvalue weighted by molar-refractivity contribution is 5.74. The zero-order chi connectivity index (χ0) is 16.9. The smallest absolute Gasteiger partial charge is 0.137 e. The highest BCUT2D eigenvalue weighted by atomic mass is 19.1. The average Bonchev–Trinajstić information content (AvgIpc) is 3.10. The predicted octanol–water partition coefficient (Wildman–Crippen LogP) is 4.83. The van der Waals surface area contributed by atoms with Crippen LogP contribution in [0.25, 0.3) is 5.57 Å². The van der Waals surface area contributed by atoms with Gasteiger partial charge in [-0.15, -0.1) is 0 Å². The minimum atomic E-state index is -0.678. The van der Waals surface area contributed by atoms with E-state index in [4.69, 9.17) is 0 Å². The van der Waals surface area contributed by atoms with Crippen LogP contribution in [0.1, 0.15) is 46.6 Å². The third kappa shape index (κ3) is 3.49. The topological polar surface area (TPSA) is 23.5 Å². The van der Waals surface area contributed by atoms with Gasteiger partial charge in [-0.1, -0.05) is 40.7 Å². The van der Waals surface area contributed by atoms with Crippen LogP contribution in [0.3, 0.4) is 0 Å². The number of hydrogen-bond donors (Lipinski definition) is 1. The molecule has 0 spiro atoms. The number of phenols is 1. The van der Waals surface area contributed by atoms with Crippen molar-refractivity contribution in [2.75, 3.05) is 13.1 Å². The number of rotatable bonds is 2. The second-order valence-electron chi connectivity index (χ2n) is 5.01. The van der Waals surface area contributed by atoms with Gasteiger partial charge in [0.1, 0.15) is 17.4 Å². The molecule has 0 amide bonds. The van der Waals surface area contributed by atoms with Crippen molar-refractivity contribution in [3.63, 3.8) is 0 Å². The molecular formula is C18H27F2NO. The van der Waals surface area contributed by atoms with Crippen molar-refractivity contribution >= 4 is 5.57 Å². The molecule has 1 aliphatic heterocycles. The van der Waals surface area contributed by atoms with Crippen LogP contribution in [0.15, 0.2) is 18.2 Å². The van der Waals surface area contributed by atoms with E-state index in [0.29, 0.717) is 5.92 Å². The van der Waals surface area contributed by atoms with Gasteiger partial charge in [0.15, 0.2) is 0 Å². The summed E-state index contributed by atoms with van der Waals surface area (Å²) in [6.07, 6.45) is 2.93. The van der Waals surface area contributed by atoms with E-state index in [9.17, 15) is 13.9 Å². The maximum absolute atomic E-state index is 13.9. The first-order valence-electron chi connectivity index (χ1n) is 8.24. The minimum absolute atomic E-state index is 0.0263. The van der Waals surface area contributed by atoms with Crippen molar-refractivity contribution in [1.29, 1.82) is 0 Å². The molecule has 4 heteroatoms. The molecule has 22 heavy (non-hydrogen) atoms. The van der Waals surface area contributed by atoms with Gasteiger partial charge in [0.2, 0.25) is 0 Å². The number of hydrogen-bond acceptors (Lipinski definition) is 2. The van der Waals surface area contributed by atoms with Gasteiger partial charge in [-0.05, 0) is 24.5 Å². The molecule has 1 aromatic rings. The summed E-state index contributed by atoms with van der Waals surface area (Å²) in [6, 6.07) is 2.07. The second kappa shape index (κ2) is 8.28. The summed E-state index contributed by atoms with van der Waals surface area (Å²) in [5.74, 6) is -1.33. The van der Waals surface area contributed by atoms with Crippen LogP contribution in [0.2, 0.25) is 0 Å². The van der Waals surface area contributed by atoms with Gasteiger partial charge in [-0.25, -0.2) is 8.78 Å². The lowest BCUT2D eigenvalue weighted by Gasteiger charge is -2.27. The Balaban J connectivity index is 0.000000561. The zero-order valence-electron chi connectivity index (χ0n) is 14.2. The number of halogens is 2. The molecule has 0 aromatic heterocycles. The number of likely N-dealkylation sites (tertiary alicyclic amines) is 1. The molecule has 2 atom stereocenters. The van der Waals surface area contributed by atoms with E-state index < -0.39 is 11.6 Å². The van der Waals surface area contributed by atoms with Crippen molar-refractivity contribution in [1.82, 2.24) is 4.90 Å². The van der Waals surface area contributed by atoms with Gasteiger partial charge >= 0.3 is 0 Å². The Morgan fingerprint density at radius 3 is 2.14 bits per heavy atom. The zero-order valence-corrected chi connectivity index (χ0v) is 14.2. The Kier molecular flexibility index (Phi) is 7.01. The molecule has 124 valence electrons. The number of nitrogens with zero attached hydrogens (tertiary/aromatic N) is 1. The maximum Gasteiger partial charge on any atom is 0.137 e. The maximum atomic E-state index is 13.9. The molecule has 2 nitrogen and oxygen atoms in total. The van der Waals surface area contributed by atoms with Crippen LogP contribution < -0.4 is 0 Å². The van der Waals surface area contributed by atoms with Crippen LogP contribution in [-0.4, -0.2) is 29.1 Å². The summed E-state index contributed by atoms with van der Waals surface area (Å²) in [4.78, 5) is 2.24. The highest BCUT2D eigenvalue weighted by Crippen LogP contribution is 2.43. The van der Waals surface area contributed by atoms with E-state index in [-0.39, 0.29) is 17.4 Å². The van der Waals surface area contributed by atoms with Gasteiger partial charge < -0.3 is 5.11 Å². The SMILES string of the molecule is CC.CC.CCN1CC2C=C(c3c(F)cc(O)cc3F)C1C2. The quantitative estimate of drug-likeness (QED) is 0.845. The van der Waals surface area contributed by atoms with E-state index in [1.165, 1.54) is 0 Å². The van der Waals surface area contributed by atoms with Gasteiger partial charge in [0, 0.05) is 24.7 Å². The van der Waals surface area contributed by atoms with Gasteiger partial charge in [0.25, 0.3) is 0 Å². The van der Waals surface area contributed by atoms with E-state index in [0.717, 1.165) is 37.2 Å². The highest BCUT2D eigenvalue weighted by Gasteiger charge is 2.40. The van der Waals surface area contributed by atoms with Crippen molar-refractivity contribution in [2.24, 2.45) is 5.92 Å². The number of benzene rings is 1. The summed E-state index contributed by atoms with van der Waals surface area (Å²) in [5.41, 5.74) is 0.765. The summed E-state index contributed by atoms with van der Waals surface area (Å²) in [5, 5.41) is 9.18. The summed E-state index contributed by atoms with van der Waals surface area (Å²) in [6.45, 7) is 11.9. The number of phenolic OH excluding ortho intramolecular Hbond substituents is 1. The second-order valence-corrected chi connectivity index (χ2v) is 5.01. The molecule has 1 aliphatic carbocycles. The van der Waals surface area contributed by atoms with Crippen molar-refractivity contribution in [2.45, 2.75) is 47.1 Å². The first-order valence-corrected chi connectivity index (χ1v) is 8.24. The van der Waals surface area contributed by atoms with Crippen LogP contribution in [-0.2, 0) is 0 Å². The molecule has 2 unspecified atom stereocenters. The molecular weight excluding hydrogens is 284 g/mol. The number of likely N-dealkylation sites (N-methyl/N-ethyl adjacent to an activating group) is 1. The number of aromatic hydroxyl groups is 1. The third-order valence-electron chi connectivity index (χ3n) is 3.93. The van der Waals surface area contributed by atoms with Crippen LogP contribution in [0.5, 0.6) is 5.75 Å². The van der Waals surface area contributed by atoms with Gasteiger partial charge in [0.05, 0.1) is 5.56 Å². The lowest BCUT2D eigenvalue weighted by molar-refractivity contribution is 0.301. The Hall–Kier alpha value is -1.42. The monoisotopic (exact) mass is 311 g/mol. The molecule has 1 heterocycles. The van der Waals surface area contributed by atoms with E-state index in [1.807, 2.05) is 33.8 Å². The first kappa shape index (κ1) is 18.6. The van der Waals surface area contributed by atoms with Crippen LogP contribution in [0.4, 0.5) is 8.78 Å². The Labute approximate surface area is 132 Å². The Morgan fingerprint density at radius 1 is 1.14 bits per heavy atom. The van der Waals surface area contributed by atoms with Crippen molar-refractivity contribution < 1.29 is 13.9 Å². The third-order valence-corrected chi connectivity index (χ3v) is 3.93. The number of fused-ring (bicyclic) bond motifs is 2. The lowest BCUT2D eigenvalue weighted by Crippen LogP contribution is -2.32. The van der Waals surface area contributed by atoms with Crippen LogP contribution >= 0.6 is 0 Å². The Morgan fingerprint density at radius 2 is 1.68 bits per heavy atom. The largest absolute Gasteiger partial charge is 0.508 e.